The van der Waals surface area contributed by atoms with Gasteiger partial charge in [0.05, 0.1) is 19.3 Å². The summed E-state index contributed by atoms with van der Waals surface area (Å²) in [5, 5.41) is 13.4. The van der Waals surface area contributed by atoms with Crippen molar-refractivity contribution in [2.75, 3.05) is 33.8 Å². The third-order valence-corrected chi connectivity index (χ3v) is 3.97. The Morgan fingerprint density at radius 3 is 2.71 bits per heavy atom. The summed E-state index contributed by atoms with van der Waals surface area (Å²) in [5.74, 6) is 0.879. The van der Waals surface area contributed by atoms with Crippen molar-refractivity contribution >= 4 is 5.91 Å². The summed E-state index contributed by atoms with van der Waals surface area (Å²) in [7, 11) is 3.39. The van der Waals surface area contributed by atoms with E-state index < -0.39 is 5.60 Å². The SMILES string of the molecule is COc1ccc(CCC(=O)N(C)CC2(O)CCNC2)cc1. The molecule has 5 nitrogen and oxygen atoms in total. The first-order valence-corrected chi connectivity index (χ1v) is 7.32. The topological polar surface area (TPSA) is 61.8 Å². The lowest BCUT2D eigenvalue weighted by molar-refractivity contribution is -0.132. The predicted molar refractivity (Wildman–Crippen MR) is 81.4 cm³/mol. The second kappa shape index (κ2) is 6.91. The van der Waals surface area contributed by atoms with Gasteiger partial charge in [0.1, 0.15) is 5.75 Å². The average Bonchev–Trinajstić information content (AvgIpc) is 2.91. The smallest absolute Gasteiger partial charge is 0.222 e. The third-order valence-electron chi connectivity index (χ3n) is 3.97. The van der Waals surface area contributed by atoms with Crippen molar-refractivity contribution in [3.8, 4) is 5.75 Å². The van der Waals surface area contributed by atoms with Crippen molar-refractivity contribution in [2.45, 2.75) is 24.9 Å². The molecule has 21 heavy (non-hydrogen) atoms. The van der Waals surface area contributed by atoms with Crippen molar-refractivity contribution in [1.29, 1.82) is 0 Å². The Hall–Kier alpha value is -1.59. The summed E-state index contributed by atoms with van der Waals surface area (Å²) < 4.78 is 5.11. The number of nitrogens with one attached hydrogen (secondary N) is 1. The zero-order valence-corrected chi connectivity index (χ0v) is 12.8. The van der Waals surface area contributed by atoms with Crippen LogP contribution >= 0.6 is 0 Å². The monoisotopic (exact) mass is 292 g/mol. The highest BCUT2D eigenvalue weighted by molar-refractivity contribution is 5.76. The average molecular weight is 292 g/mol. The van der Waals surface area contributed by atoms with Gasteiger partial charge in [-0.05, 0) is 37.1 Å². The lowest BCUT2D eigenvalue weighted by Gasteiger charge is -2.28. The van der Waals surface area contributed by atoms with E-state index in [1.54, 1.807) is 19.1 Å². The van der Waals surface area contributed by atoms with Crippen LogP contribution in [-0.2, 0) is 11.2 Å². The third kappa shape index (κ3) is 4.44. The van der Waals surface area contributed by atoms with Gasteiger partial charge in [0.15, 0.2) is 0 Å². The Morgan fingerprint density at radius 1 is 1.43 bits per heavy atom. The van der Waals surface area contributed by atoms with E-state index in [-0.39, 0.29) is 5.91 Å². The number of rotatable bonds is 6. The minimum atomic E-state index is -0.773. The number of nitrogens with zero attached hydrogens (tertiary/aromatic N) is 1. The van der Waals surface area contributed by atoms with Crippen molar-refractivity contribution in [3.05, 3.63) is 29.8 Å². The number of amides is 1. The fourth-order valence-electron chi connectivity index (χ4n) is 2.63. The van der Waals surface area contributed by atoms with Crippen LogP contribution in [0, 0.1) is 0 Å². The van der Waals surface area contributed by atoms with Gasteiger partial charge >= 0.3 is 0 Å². The van der Waals surface area contributed by atoms with Gasteiger partial charge < -0.3 is 20.1 Å². The fourth-order valence-corrected chi connectivity index (χ4v) is 2.63. The summed E-state index contributed by atoms with van der Waals surface area (Å²) in [5.41, 5.74) is 0.337. The maximum atomic E-state index is 12.1. The van der Waals surface area contributed by atoms with Gasteiger partial charge in [-0.1, -0.05) is 12.1 Å². The number of ether oxygens (including phenoxy) is 1. The summed E-state index contributed by atoms with van der Waals surface area (Å²) >= 11 is 0. The van der Waals surface area contributed by atoms with Gasteiger partial charge in [-0.25, -0.2) is 0 Å². The zero-order valence-electron chi connectivity index (χ0n) is 12.8. The maximum Gasteiger partial charge on any atom is 0.222 e. The van der Waals surface area contributed by atoms with E-state index in [0.717, 1.165) is 17.9 Å². The Kier molecular flexibility index (Phi) is 5.20. The lowest BCUT2D eigenvalue weighted by atomic mass is 10.0. The Balaban J connectivity index is 1.80. The summed E-state index contributed by atoms with van der Waals surface area (Å²) in [6.07, 6.45) is 1.85. The Morgan fingerprint density at radius 2 is 2.14 bits per heavy atom. The number of β-amino-alcohol motifs (C(OH)–C–C–N with tert-alkyl or cyclic N) is 1. The zero-order chi connectivity index (χ0) is 15.3. The second-order valence-electron chi connectivity index (χ2n) is 5.75. The molecule has 1 unspecified atom stereocenters. The van der Waals surface area contributed by atoms with E-state index in [0.29, 0.717) is 32.4 Å². The first kappa shape index (κ1) is 15.8. The fraction of sp³-hybridized carbons (Fsp3) is 0.562. The highest BCUT2D eigenvalue weighted by atomic mass is 16.5. The van der Waals surface area contributed by atoms with Gasteiger partial charge in [-0.2, -0.15) is 0 Å². The number of aliphatic hydroxyl groups is 1. The molecule has 1 aliphatic rings. The predicted octanol–water partition coefficient (Wildman–Crippen LogP) is 0.811. The van der Waals surface area contributed by atoms with Crippen molar-refractivity contribution in [2.24, 2.45) is 0 Å². The largest absolute Gasteiger partial charge is 0.497 e. The number of methoxy groups -OCH3 is 1. The van der Waals surface area contributed by atoms with Gasteiger partial charge in [-0.15, -0.1) is 0 Å². The van der Waals surface area contributed by atoms with Crippen LogP contribution in [0.25, 0.3) is 0 Å². The molecule has 0 aliphatic carbocycles. The molecule has 0 saturated carbocycles. The molecule has 1 fully saturated rings. The van der Waals surface area contributed by atoms with Gasteiger partial charge in [-0.3, -0.25) is 4.79 Å². The summed E-state index contributed by atoms with van der Waals surface area (Å²) in [6.45, 7) is 1.76. The summed E-state index contributed by atoms with van der Waals surface area (Å²) in [4.78, 5) is 13.8. The number of aryl methyl sites for hydroxylation is 1. The molecular weight excluding hydrogens is 268 g/mol. The number of likely N-dealkylation sites (N-methyl/N-ethyl adjacent to an activating group) is 1. The van der Waals surface area contributed by atoms with Gasteiger partial charge in [0.25, 0.3) is 0 Å². The van der Waals surface area contributed by atoms with Crippen molar-refractivity contribution in [3.63, 3.8) is 0 Å². The van der Waals surface area contributed by atoms with Crippen LogP contribution in [0.5, 0.6) is 5.75 Å². The number of hydrogen-bond donors (Lipinski definition) is 2. The molecule has 2 N–H and O–H groups in total. The Labute approximate surface area is 125 Å². The van der Waals surface area contributed by atoms with Crippen LogP contribution < -0.4 is 10.1 Å². The van der Waals surface area contributed by atoms with E-state index in [1.165, 1.54) is 0 Å². The highest BCUT2D eigenvalue weighted by Gasteiger charge is 2.33. The van der Waals surface area contributed by atoms with Crippen LogP contribution in [0.3, 0.4) is 0 Å². The number of carbonyl (C=O) groups excluding carboxylic acids is 1. The molecule has 0 bridgehead atoms. The molecular formula is C16H24N2O3. The first-order valence-electron chi connectivity index (χ1n) is 7.32. The van der Waals surface area contributed by atoms with E-state index in [9.17, 15) is 9.90 Å². The Bertz CT molecular complexity index is 467. The first-order chi connectivity index (χ1) is 10.0. The molecule has 0 aromatic heterocycles. The van der Waals surface area contributed by atoms with Gasteiger partial charge in [0, 0.05) is 20.0 Å². The molecule has 0 spiro atoms. The molecule has 116 valence electrons. The van der Waals surface area contributed by atoms with E-state index in [4.69, 9.17) is 4.74 Å². The lowest BCUT2D eigenvalue weighted by Crippen LogP contribution is -2.45. The second-order valence-corrected chi connectivity index (χ2v) is 5.75. The molecule has 1 aromatic rings. The highest BCUT2D eigenvalue weighted by Crippen LogP contribution is 2.17. The van der Waals surface area contributed by atoms with Gasteiger partial charge in [0.2, 0.25) is 5.91 Å². The minimum absolute atomic E-state index is 0.0612. The number of benzene rings is 1. The molecule has 1 aromatic carbocycles. The van der Waals surface area contributed by atoms with E-state index in [2.05, 4.69) is 5.32 Å². The minimum Gasteiger partial charge on any atom is -0.497 e. The standard InChI is InChI=1S/C16H24N2O3/c1-18(12-16(20)9-10-17-11-16)15(19)8-5-13-3-6-14(21-2)7-4-13/h3-4,6-7,17,20H,5,8-12H2,1-2H3. The van der Waals surface area contributed by atoms with Crippen molar-refractivity contribution in [1.82, 2.24) is 10.2 Å². The van der Waals surface area contributed by atoms with Crippen LogP contribution in [-0.4, -0.2) is 55.3 Å². The molecule has 1 atom stereocenters. The summed E-state index contributed by atoms with van der Waals surface area (Å²) in [6, 6.07) is 7.74. The molecule has 1 amide bonds. The number of carbonyl (C=O) groups is 1. The van der Waals surface area contributed by atoms with E-state index >= 15 is 0 Å². The molecule has 1 aliphatic heterocycles. The normalized spacial score (nSPS) is 21.3. The maximum absolute atomic E-state index is 12.1. The molecule has 1 saturated heterocycles. The van der Waals surface area contributed by atoms with Crippen LogP contribution in [0.4, 0.5) is 0 Å². The quantitative estimate of drug-likeness (QED) is 0.814. The van der Waals surface area contributed by atoms with Crippen LogP contribution in [0.1, 0.15) is 18.4 Å². The molecule has 2 rings (SSSR count). The van der Waals surface area contributed by atoms with Crippen molar-refractivity contribution < 1.29 is 14.6 Å². The van der Waals surface area contributed by atoms with Crippen LogP contribution in [0.15, 0.2) is 24.3 Å². The number of hydrogen-bond acceptors (Lipinski definition) is 4. The van der Waals surface area contributed by atoms with E-state index in [1.807, 2.05) is 24.3 Å². The molecule has 1 heterocycles. The molecule has 0 radical (unpaired) electrons. The van der Waals surface area contributed by atoms with Crippen LogP contribution in [0.2, 0.25) is 0 Å². The molecule has 5 heteroatoms.